The predicted molar refractivity (Wildman–Crippen MR) is 142 cm³/mol. The summed E-state index contributed by atoms with van der Waals surface area (Å²) in [6, 6.07) is 0. The third-order valence-electron chi connectivity index (χ3n) is 6.15. The van der Waals surface area contributed by atoms with Crippen molar-refractivity contribution >= 4 is 17.7 Å². The second kappa shape index (κ2) is 23.5. The molecule has 6 heteroatoms. The van der Waals surface area contributed by atoms with Gasteiger partial charge in [0.1, 0.15) is 0 Å². The largest absolute Gasteiger partial charge is 0.394 e. The van der Waals surface area contributed by atoms with Gasteiger partial charge in [0.15, 0.2) is 0 Å². The van der Waals surface area contributed by atoms with E-state index in [1.54, 1.807) is 18.5 Å². The summed E-state index contributed by atoms with van der Waals surface area (Å²) < 4.78 is 31.6. The maximum atomic E-state index is 8.74. The maximum Gasteiger partial charge on any atom is 0.394 e. The van der Waals surface area contributed by atoms with Crippen molar-refractivity contribution in [3.8, 4) is 0 Å². The zero-order valence-corrected chi connectivity index (χ0v) is 23.1. The molecule has 0 atom stereocenters. The van der Waals surface area contributed by atoms with E-state index in [9.17, 15) is 0 Å². The van der Waals surface area contributed by atoms with Gasteiger partial charge in [-0.2, -0.15) is 8.42 Å². The molecule has 4 nitrogen and oxygen atoms in total. The topological polar surface area (TPSA) is 74.6 Å². The van der Waals surface area contributed by atoms with Gasteiger partial charge in [0, 0.05) is 13.9 Å². The van der Waals surface area contributed by atoms with Gasteiger partial charge in [-0.3, -0.25) is 9.11 Å². The molecule has 0 aromatic rings. The molecule has 0 saturated carbocycles. The number of hydrogen-bond acceptors (Lipinski definition) is 2. The highest BCUT2D eigenvalue weighted by Crippen LogP contribution is 2.57. The van der Waals surface area contributed by atoms with E-state index in [-0.39, 0.29) is 0 Å². The second-order valence-electron chi connectivity index (χ2n) is 9.54. The van der Waals surface area contributed by atoms with Crippen molar-refractivity contribution in [1.29, 1.82) is 0 Å². The molecule has 0 bridgehead atoms. The van der Waals surface area contributed by atoms with Crippen LogP contribution in [-0.4, -0.2) is 42.7 Å². The third kappa shape index (κ3) is 32.6. The molecular weight excluding hydrogens is 427 g/mol. The van der Waals surface area contributed by atoms with Crippen LogP contribution in [0.4, 0.5) is 0 Å². The van der Waals surface area contributed by atoms with Crippen molar-refractivity contribution in [1.82, 2.24) is 0 Å². The molecule has 0 heterocycles. The van der Waals surface area contributed by atoms with Crippen molar-refractivity contribution < 1.29 is 17.5 Å². The molecule has 0 aromatic carbocycles. The Kier molecular flexibility index (Phi) is 25.3. The molecule has 0 aliphatic rings. The highest BCUT2D eigenvalue weighted by Gasteiger charge is 2.29. The standard InChI is InChI=1S/C25H54P.H2O4S/c1-5-8-11-14-17-20-23-26(4,24-21-18-15-12-9-6-2)25-22-19-16-13-10-7-3;1-5(2,3)4/h5-25H2,1-4H3;(H2,1,2,3,4)/q+1;. The van der Waals surface area contributed by atoms with E-state index in [0.717, 1.165) is 0 Å². The zero-order chi connectivity index (χ0) is 23.8. The van der Waals surface area contributed by atoms with Crippen LogP contribution < -0.4 is 0 Å². The third-order valence-corrected chi connectivity index (χ3v) is 10.3. The van der Waals surface area contributed by atoms with Crippen LogP contribution in [0.15, 0.2) is 0 Å². The number of hydrogen-bond donors (Lipinski definition) is 2. The van der Waals surface area contributed by atoms with Gasteiger partial charge in [-0.25, -0.2) is 0 Å². The average molecular weight is 484 g/mol. The zero-order valence-electron chi connectivity index (χ0n) is 21.4. The van der Waals surface area contributed by atoms with Crippen molar-refractivity contribution in [2.45, 2.75) is 136 Å². The van der Waals surface area contributed by atoms with Gasteiger partial charge in [-0.05, 0) is 38.5 Å². The fourth-order valence-corrected chi connectivity index (χ4v) is 7.79. The summed E-state index contributed by atoms with van der Waals surface area (Å²) in [5, 5.41) is 0. The lowest BCUT2D eigenvalue weighted by molar-refractivity contribution is 0.381. The molecule has 190 valence electrons. The minimum Gasteiger partial charge on any atom is -0.264 e. The predicted octanol–water partition coefficient (Wildman–Crippen LogP) is 9.06. The Labute approximate surface area is 196 Å². The molecule has 0 aromatic heterocycles. The summed E-state index contributed by atoms with van der Waals surface area (Å²) in [4.78, 5) is 0. The normalized spacial score (nSPS) is 11.9. The molecule has 0 amide bonds. The van der Waals surface area contributed by atoms with Crippen LogP contribution in [-0.2, 0) is 10.4 Å². The summed E-state index contributed by atoms with van der Waals surface area (Å²) in [6.07, 6.45) is 31.2. The van der Waals surface area contributed by atoms with Gasteiger partial charge < -0.3 is 0 Å². The Bertz CT molecular complexity index is 406. The fourth-order valence-electron chi connectivity index (χ4n) is 4.16. The van der Waals surface area contributed by atoms with Crippen molar-refractivity contribution in [3.05, 3.63) is 0 Å². The molecule has 0 rings (SSSR count). The van der Waals surface area contributed by atoms with E-state index in [1.807, 2.05) is 0 Å². The first-order valence-electron chi connectivity index (χ1n) is 13.2. The van der Waals surface area contributed by atoms with Crippen molar-refractivity contribution in [3.63, 3.8) is 0 Å². The van der Waals surface area contributed by atoms with E-state index in [0.29, 0.717) is 0 Å². The molecule has 0 unspecified atom stereocenters. The molecule has 0 fully saturated rings. The first kappa shape index (κ1) is 33.5. The number of unbranched alkanes of at least 4 members (excludes halogenated alkanes) is 15. The van der Waals surface area contributed by atoms with Gasteiger partial charge in [0.2, 0.25) is 0 Å². The highest BCUT2D eigenvalue weighted by atomic mass is 32.3. The summed E-state index contributed by atoms with van der Waals surface area (Å²) in [5.41, 5.74) is 0. The van der Waals surface area contributed by atoms with Crippen molar-refractivity contribution in [2.24, 2.45) is 0 Å². The summed E-state index contributed by atoms with van der Waals surface area (Å²) in [5.74, 6) is 0. The summed E-state index contributed by atoms with van der Waals surface area (Å²) >= 11 is 0. The smallest absolute Gasteiger partial charge is 0.264 e. The van der Waals surface area contributed by atoms with Crippen LogP contribution >= 0.6 is 7.26 Å². The van der Waals surface area contributed by atoms with Crippen LogP contribution in [0, 0.1) is 0 Å². The van der Waals surface area contributed by atoms with Crippen LogP contribution in [0.1, 0.15) is 136 Å². The molecular formula is C25H56O4PS+. The molecule has 0 saturated heterocycles. The second-order valence-corrected chi connectivity index (χ2v) is 15.0. The first-order chi connectivity index (χ1) is 14.7. The Hall–Kier alpha value is 0.300. The van der Waals surface area contributed by atoms with E-state index >= 15 is 0 Å². The van der Waals surface area contributed by atoms with Crippen LogP contribution in [0.25, 0.3) is 0 Å². The lowest BCUT2D eigenvalue weighted by Crippen LogP contribution is -2.08. The van der Waals surface area contributed by atoms with Gasteiger partial charge >= 0.3 is 10.4 Å². The molecule has 0 spiro atoms. The van der Waals surface area contributed by atoms with Gasteiger partial charge in [-0.15, -0.1) is 0 Å². The van der Waals surface area contributed by atoms with Gasteiger partial charge in [0.05, 0.1) is 18.5 Å². The van der Waals surface area contributed by atoms with Crippen LogP contribution in [0.2, 0.25) is 0 Å². The highest BCUT2D eigenvalue weighted by molar-refractivity contribution is 7.79. The van der Waals surface area contributed by atoms with Crippen LogP contribution in [0.3, 0.4) is 0 Å². The van der Waals surface area contributed by atoms with E-state index < -0.39 is 17.7 Å². The minimum atomic E-state index is -4.67. The Morgan fingerprint density at radius 3 is 0.903 bits per heavy atom. The van der Waals surface area contributed by atoms with E-state index in [1.165, 1.54) is 116 Å². The van der Waals surface area contributed by atoms with Gasteiger partial charge in [0.25, 0.3) is 0 Å². The molecule has 0 aliphatic carbocycles. The Morgan fingerprint density at radius 2 is 0.677 bits per heavy atom. The monoisotopic (exact) mass is 483 g/mol. The fraction of sp³-hybridized carbons (Fsp3) is 1.00. The molecule has 0 aliphatic heterocycles. The average Bonchev–Trinajstić information content (AvgIpc) is 2.69. The summed E-state index contributed by atoms with van der Waals surface area (Å²) in [7, 11) is -5.30. The SMILES string of the molecule is CCCCCCCC[P+](C)(CCCCCCCC)CCCCCCCC.O=S(=O)(O)O. The lowest BCUT2D eigenvalue weighted by Gasteiger charge is -2.24. The first-order valence-corrected chi connectivity index (χ1v) is 17.4. The van der Waals surface area contributed by atoms with Crippen molar-refractivity contribution in [2.75, 3.05) is 25.2 Å². The number of rotatable bonds is 21. The van der Waals surface area contributed by atoms with Crippen LogP contribution in [0.5, 0.6) is 0 Å². The molecule has 0 radical (unpaired) electrons. The van der Waals surface area contributed by atoms with E-state index in [4.69, 9.17) is 17.5 Å². The quantitative estimate of drug-likeness (QED) is 0.0969. The molecule has 31 heavy (non-hydrogen) atoms. The molecule has 2 N–H and O–H groups in total. The Balaban J connectivity index is 0. The van der Waals surface area contributed by atoms with E-state index in [2.05, 4.69) is 27.4 Å². The lowest BCUT2D eigenvalue weighted by atomic mass is 10.1. The summed E-state index contributed by atoms with van der Waals surface area (Å²) in [6.45, 7) is 9.70. The minimum absolute atomic E-state index is 0.636. The Morgan fingerprint density at radius 1 is 0.484 bits per heavy atom. The van der Waals surface area contributed by atoms with Gasteiger partial charge in [-0.1, -0.05) is 97.8 Å². The maximum absolute atomic E-state index is 8.74.